The minimum Gasteiger partial charge on any atom is -0.493 e. The summed E-state index contributed by atoms with van der Waals surface area (Å²) < 4.78 is 19.1. The zero-order valence-electron chi connectivity index (χ0n) is 19.3. The number of methoxy groups -OCH3 is 2. The van der Waals surface area contributed by atoms with Crippen molar-refractivity contribution in [1.82, 2.24) is 9.55 Å². The summed E-state index contributed by atoms with van der Waals surface area (Å²) in [6.45, 7) is 1.91. The van der Waals surface area contributed by atoms with Gasteiger partial charge in [-0.2, -0.15) is 0 Å². The number of benzene rings is 2. The van der Waals surface area contributed by atoms with Gasteiger partial charge in [0.25, 0.3) is 0 Å². The Kier molecular flexibility index (Phi) is 5.70. The van der Waals surface area contributed by atoms with Gasteiger partial charge in [-0.15, -0.1) is 0 Å². The molecule has 1 N–H and O–H groups in total. The van der Waals surface area contributed by atoms with Crippen molar-refractivity contribution in [2.45, 2.75) is 51.2 Å². The molecule has 0 amide bonds. The Morgan fingerprint density at radius 3 is 2.55 bits per heavy atom. The average Bonchev–Trinajstić information content (AvgIpc) is 3.21. The van der Waals surface area contributed by atoms with Crippen LogP contribution in [0.1, 0.15) is 50.6 Å². The van der Waals surface area contributed by atoms with Crippen molar-refractivity contribution in [1.29, 1.82) is 0 Å². The smallest absolute Gasteiger partial charge is 0.338 e. The highest BCUT2D eigenvalue weighted by molar-refractivity contribution is 5.94. The predicted molar refractivity (Wildman–Crippen MR) is 127 cm³/mol. The fourth-order valence-corrected chi connectivity index (χ4v) is 4.96. The number of hydrogen-bond donors (Lipinski definition) is 1. The van der Waals surface area contributed by atoms with E-state index in [9.17, 15) is 4.79 Å². The van der Waals surface area contributed by atoms with Crippen LogP contribution in [0.15, 0.2) is 53.7 Å². The van der Waals surface area contributed by atoms with Gasteiger partial charge in [-0.25, -0.2) is 9.78 Å². The van der Waals surface area contributed by atoms with Gasteiger partial charge in [0.05, 0.1) is 36.9 Å². The molecular formula is C26H29N3O4. The molecule has 1 atom stereocenters. The van der Waals surface area contributed by atoms with Crippen LogP contribution in [-0.4, -0.2) is 35.8 Å². The van der Waals surface area contributed by atoms with Crippen LogP contribution in [0.5, 0.6) is 11.5 Å². The van der Waals surface area contributed by atoms with E-state index in [1.54, 1.807) is 14.2 Å². The van der Waals surface area contributed by atoms with Gasteiger partial charge in [-0.1, -0.05) is 24.6 Å². The molecule has 5 rings (SSSR count). The molecule has 2 aliphatic rings. The number of fused-ring (bicyclic) bond motifs is 3. The number of imidazole rings is 1. The number of carbonyl (C=O) groups excluding carboxylic acids is 1. The lowest BCUT2D eigenvalue weighted by atomic mass is 9.94. The molecule has 1 fully saturated rings. The Bertz CT molecular complexity index is 1220. The maximum atomic E-state index is 13.6. The second-order valence-electron chi connectivity index (χ2n) is 8.64. The third-order valence-corrected chi connectivity index (χ3v) is 6.60. The molecule has 1 aliphatic heterocycles. The Hall–Kier alpha value is -3.48. The summed E-state index contributed by atoms with van der Waals surface area (Å²) >= 11 is 0. The summed E-state index contributed by atoms with van der Waals surface area (Å²) in [5.74, 6) is 1.66. The summed E-state index contributed by atoms with van der Waals surface area (Å²) in [4.78, 5) is 18.4. The summed E-state index contributed by atoms with van der Waals surface area (Å²) in [5, 5.41) is 3.34. The van der Waals surface area contributed by atoms with Crippen molar-refractivity contribution in [2.24, 2.45) is 0 Å². The normalized spacial score (nSPS) is 18.6. The van der Waals surface area contributed by atoms with Crippen molar-refractivity contribution < 1.29 is 19.0 Å². The molecule has 33 heavy (non-hydrogen) atoms. The molecule has 2 heterocycles. The minimum absolute atomic E-state index is 0.0291. The van der Waals surface area contributed by atoms with Gasteiger partial charge in [0, 0.05) is 5.70 Å². The number of esters is 1. The van der Waals surface area contributed by atoms with Gasteiger partial charge >= 0.3 is 5.97 Å². The van der Waals surface area contributed by atoms with Crippen molar-refractivity contribution in [3.63, 3.8) is 0 Å². The number of anilines is 1. The fourth-order valence-electron chi connectivity index (χ4n) is 4.96. The Balaban J connectivity index is 1.64. The molecule has 0 radical (unpaired) electrons. The quantitative estimate of drug-likeness (QED) is 0.541. The molecule has 0 spiro atoms. The second-order valence-corrected chi connectivity index (χ2v) is 8.64. The lowest BCUT2D eigenvalue weighted by Gasteiger charge is -2.32. The van der Waals surface area contributed by atoms with Crippen LogP contribution in [0.4, 0.5) is 5.95 Å². The second kappa shape index (κ2) is 8.81. The van der Waals surface area contributed by atoms with Crippen LogP contribution >= 0.6 is 0 Å². The highest BCUT2D eigenvalue weighted by Gasteiger charge is 2.36. The van der Waals surface area contributed by atoms with E-state index in [4.69, 9.17) is 19.2 Å². The predicted octanol–water partition coefficient (Wildman–Crippen LogP) is 5.22. The van der Waals surface area contributed by atoms with E-state index in [-0.39, 0.29) is 12.1 Å². The van der Waals surface area contributed by atoms with Crippen molar-refractivity contribution in [2.75, 3.05) is 19.5 Å². The molecule has 7 nitrogen and oxygen atoms in total. The molecule has 1 aromatic heterocycles. The number of nitrogens with zero attached hydrogens (tertiary/aromatic N) is 2. The van der Waals surface area contributed by atoms with Gasteiger partial charge < -0.3 is 19.5 Å². The summed E-state index contributed by atoms with van der Waals surface area (Å²) in [6.07, 6.45) is 5.22. The fraction of sp³-hybridized carbons (Fsp3) is 0.385. The summed E-state index contributed by atoms with van der Waals surface area (Å²) in [6, 6.07) is 13.3. The molecule has 7 heteroatoms. The molecule has 0 saturated heterocycles. The summed E-state index contributed by atoms with van der Waals surface area (Å²) in [5.41, 5.74) is 4.03. The molecule has 2 aromatic carbocycles. The average molecular weight is 448 g/mol. The van der Waals surface area contributed by atoms with Gasteiger partial charge in [-0.3, -0.25) is 4.57 Å². The maximum absolute atomic E-state index is 13.6. The van der Waals surface area contributed by atoms with E-state index in [2.05, 4.69) is 9.88 Å². The number of rotatable bonds is 5. The molecular weight excluding hydrogens is 418 g/mol. The number of aromatic nitrogens is 2. The number of allylic oxidation sites excluding steroid dienone is 1. The van der Waals surface area contributed by atoms with Crippen LogP contribution in [-0.2, 0) is 9.53 Å². The Morgan fingerprint density at radius 2 is 1.79 bits per heavy atom. The van der Waals surface area contributed by atoms with E-state index in [0.717, 1.165) is 48.0 Å². The number of ether oxygens (including phenoxy) is 3. The molecule has 0 bridgehead atoms. The number of nitrogens with one attached hydrogen (secondary N) is 1. The van der Waals surface area contributed by atoms with E-state index in [0.29, 0.717) is 23.0 Å². The first kappa shape index (κ1) is 21.4. The van der Waals surface area contributed by atoms with Crippen molar-refractivity contribution in [3.05, 3.63) is 59.3 Å². The Labute approximate surface area is 193 Å². The van der Waals surface area contributed by atoms with E-state index in [1.807, 2.05) is 49.4 Å². The minimum atomic E-state index is -0.412. The standard InChI is InChI=1S/C26H29N3O4/c1-16-23(25(30)33-18-9-5-4-6-10-18)24(17-13-14-21(31-2)22(15-17)32-3)29-20-12-8-7-11-19(20)28-26(29)27-16/h7-8,11-15,18,24H,4-6,9-10H2,1-3H3,(H,27,28)/t24-/m1/s1. The molecule has 172 valence electrons. The first-order chi connectivity index (χ1) is 16.1. The van der Waals surface area contributed by atoms with Gasteiger partial charge in [0.1, 0.15) is 6.10 Å². The van der Waals surface area contributed by atoms with E-state index >= 15 is 0 Å². The largest absolute Gasteiger partial charge is 0.493 e. The lowest BCUT2D eigenvalue weighted by molar-refractivity contribution is -0.146. The first-order valence-corrected chi connectivity index (χ1v) is 11.5. The third-order valence-electron chi connectivity index (χ3n) is 6.60. The SMILES string of the molecule is COc1ccc([C@@H]2C(C(=O)OC3CCCCC3)=C(C)Nc3nc4ccccc4n32)cc1OC. The number of hydrogen-bond acceptors (Lipinski definition) is 6. The van der Waals surface area contributed by atoms with Gasteiger partial charge in [-0.05, 0) is 62.4 Å². The van der Waals surface area contributed by atoms with Crippen molar-refractivity contribution >= 4 is 23.0 Å². The summed E-state index contributed by atoms with van der Waals surface area (Å²) in [7, 11) is 3.22. The van der Waals surface area contributed by atoms with Crippen molar-refractivity contribution in [3.8, 4) is 11.5 Å². The van der Waals surface area contributed by atoms with Gasteiger partial charge in [0.15, 0.2) is 11.5 Å². The highest BCUT2D eigenvalue weighted by Crippen LogP contribution is 2.42. The van der Waals surface area contributed by atoms with Crippen LogP contribution in [0, 0.1) is 0 Å². The van der Waals surface area contributed by atoms with Crippen LogP contribution in [0.25, 0.3) is 11.0 Å². The Morgan fingerprint density at radius 1 is 1.03 bits per heavy atom. The van der Waals surface area contributed by atoms with E-state index in [1.165, 1.54) is 6.42 Å². The molecule has 1 aliphatic carbocycles. The number of carbonyl (C=O) groups is 1. The first-order valence-electron chi connectivity index (χ1n) is 11.5. The maximum Gasteiger partial charge on any atom is 0.338 e. The lowest BCUT2D eigenvalue weighted by Crippen LogP contribution is -2.31. The third kappa shape index (κ3) is 3.81. The zero-order valence-corrected chi connectivity index (χ0v) is 19.3. The highest BCUT2D eigenvalue weighted by atomic mass is 16.5. The monoisotopic (exact) mass is 447 g/mol. The molecule has 3 aromatic rings. The zero-order chi connectivity index (χ0) is 22.9. The van der Waals surface area contributed by atoms with Crippen LogP contribution in [0.3, 0.4) is 0 Å². The van der Waals surface area contributed by atoms with Gasteiger partial charge in [0.2, 0.25) is 5.95 Å². The van der Waals surface area contributed by atoms with Crippen LogP contribution < -0.4 is 14.8 Å². The number of para-hydroxylation sites is 2. The van der Waals surface area contributed by atoms with E-state index < -0.39 is 6.04 Å². The molecule has 1 saturated carbocycles. The van der Waals surface area contributed by atoms with Crippen LogP contribution in [0.2, 0.25) is 0 Å². The topological polar surface area (TPSA) is 74.6 Å². The molecule has 0 unspecified atom stereocenters.